The fourth-order valence-electron chi connectivity index (χ4n) is 2.49. The van der Waals surface area contributed by atoms with E-state index in [4.69, 9.17) is 16.0 Å². The van der Waals surface area contributed by atoms with Crippen LogP contribution in [-0.4, -0.2) is 15.9 Å². The van der Waals surface area contributed by atoms with Crippen LogP contribution in [0, 0.1) is 0 Å². The van der Waals surface area contributed by atoms with Crippen molar-refractivity contribution < 1.29 is 9.21 Å². The quantitative estimate of drug-likeness (QED) is 0.667. The third-order valence-corrected chi connectivity index (χ3v) is 5.04. The number of oxazole rings is 1. The molecule has 0 bridgehead atoms. The zero-order valence-corrected chi connectivity index (χ0v) is 14.9. The first-order valence-electron chi connectivity index (χ1n) is 8.13. The Bertz CT molecular complexity index is 884. The van der Waals surface area contributed by atoms with E-state index in [1.165, 1.54) is 24.2 Å². The second kappa shape index (κ2) is 6.98. The first-order valence-corrected chi connectivity index (χ1v) is 9.39. The van der Waals surface area contributed by atoms with Crippen molar-refractivity contribution in [3.05, 3.63) is 52.4 Å². The average molecular weight is 374 g/mol. The van der Waals surface area contributed by atoms with Crippen LogP contribution >= 0.6 is 22.9 Å². The van der Waals surface area contributed by atoms with Gasteiger partial charge in [-0.05, 0) is 37.1 Å². The van der Waals surface area contributed by atoms with Gasteiger partial charge in [0.15, 0.2) is 16.8 Å². The normalized spacial score (nSPS) is 13.8. The van der Waals surface area contributed by atoms with Crippen LogP contribution in [0.3, 0.4) is 0 Å². The maximum absolute atomic E-state index is 12.1. The standard InChI is InChI=1S/C18H16ClN3O2S/c19-13-5-3-12(4-6-13)15-9-20-17(24-15)8-7-16(23)22-18-21-14(10-25-18)11-1-2-11/h3-6,9-11H,1-2,7-8H2,(H,21,22,23). The van der Waals surface area contributed by atoms with Gasteiger partial charge in [0, 0.05) is 34.7 Å². The molecule has 1 saturated carbocycles. The van der Waals surface area contributed by atoms with Crippen molar-refractivity contribution in [3.63, 3.8) is 0 Å². The van der Waals surface area contributed by atoms with E-state index >= 15 is 0 Å². The number of halogens is 1. The van der Waals surface area contributed by atoms with E-state index < -0.39 is 0 Å². The van der Waals surface area contributed by atoms with Gasteiger partial charge in [0.1, 0.15) is 0 Å². The summed E-state index contributed by atoms with van der Waals surface area (Å²) in [6, 6.07) is 7.35. The molecular weight excluding hydrogens is 358 g/mol. The van der Waals surface area contributed by atoms with Crippen LogP contribution in [0.4, 0.5) is 5.13 Å². The van der Waals surface area contributed by atoms with Gasteiger partial charge in [-0.15, -0.1) is 11.3 Å². The summed E-state index contributed by atoms with van der Waals surface area (Å²) in [6.45, 7) is 0. The molecule has 0 radical (unpaired) electrons. The lowest BCUT2D eigenvalue weighted by atomic mass is 10.2. The van der Waals surface area contributed by atoms with Crippen molar-refractivity contribution in [2.24, 2.45) is 0 Å². The number of aromatic nitrogens is 2. The molecule has 0 spiro atoms. The molecule has 7 heteroatoms. The first-order chi connectivity index (χ1) is 12.2. The fourth-order valence-corrected chi connectivity index (χ4v) is 3.42. The highest BCUT2D eigenvalue weighted by molar-refractivity contribution is 7.13. The van der Waals surface area contributed by atoms with Crippen molar-refractivity contribution in [2.75, 3.05) is 5.32 Å². The summed E-state index contributed by atoms with van der Waals surface area (Å²) in [4.78, 5) is 20.8. The number of thiazole rings is 1. The predicted octanol–water partition coefficient (Wildman–Crippen LogP) is 4.90. The molecule has 0 unspecified atom stereocenters. The van der Waals surface area contributed by atoms with Crippen molar-refractivity contribution in [3.8, 4) is 11.3 Å². The Hall–Kier alpha value is -2.18. The Morgan fingerprint density at radius 3 is 2.88 bits per heavy atom. The van der Waals surface area contributed by atoms with E-state index in [0.29, 0.717) is 40.6 Å². The van der Waals surface area contributed by atoms with Gasteiger partial charge in [0.25, 0.3) is 0 Å². The van der Waals surface area contributed by atoms with Gasteiger partial charge < -0.3 is 9.73 Å². The van der Waals surface area contributed by atoms with Gasteiger partial charge in [0.2, 0.25) is 5.91 Å². The van der Waals surface area contributed by atoms with Crippen LogP contribution < -0.4 is 5.32 Å². The second-order valence-electron chi connectivity index (χ2n) is 6.03. The molecule has 1 N–H and O–H groups in total. The van der Waals surface area contributed by atoms with Crippen molar-refractivity contribution in [2.45, 2.75) is 31.6 Å². The lowest BCUT2D eigenvalue weighted by Crippen LogP contribution is -2.12. The minimum Gasteiger partial charge on any atom is -0.441 e. The van der Waals surface area contributed by atoms with Crippen LogP contribution in [0.1, 0.15) is 36.8 Å². The third kappa shape index (κ3) is 4.08. The number of hydrogen-bond acceptors (Lipinski definition) is 5. The van der Waals surface area contributed by atoms with Crippen molar-refractivity contribution >= 4 is 34.0 Å². The summed E-state index contributed by atoms with van der Waals surface area (Å²) in [7, 11) is 0. The number of nitrogens with zero attached hydrogens (tertiary/aromatic N) is 2. The lowest BCUT2D eigenvalue weighted by molar-refractivity contribution is -0.116. The third-order valence-electron chi connectivity index (χ3n) is 4.01. The van der Waals surface area contributed by atoms with Gasteiger partial charge >= 0.3 is 0 Å². The minimum absolute atomic E-state index is 0.0806. The average Bonchev–Trinajstić information content (AvgIpc) is 3.17. The van der Waals surface area contributed by atoms with Gasteiger partial charge in [-0.2, -0.15) is 0 Å². The molecule has 5 nitrogen and oxygen atoms in total. The second-order valence-corrected chi connectivity index (χ2v) is 7.32. The van der Waals surface area contributed by atoms with E-state index in [-0.39, 0.29) is 5.91 Å². The molecule has 1 aliphatic rings. The van der Waals surface area contributed by atoms with Gasteiger partial charge in [-0.25, -0.2) is 9.97 Å². The molecule has 0 saturated heterocycles. The summed E-state index contributed by atoms with van der Waals surface area (Å²) in [6.07, 6.45) is 4.83. The van der Waals surface area contributed by atoms with Crippen LogP contribution in [0.2, 0.25) is 5.02 Å². The van der Waals surface area contributed by atoms with Gasteiger partial charge in [-0.1, -0.05) is 11.6 Å². The molecule has 4 rings (SSSR count). The van der Waals surface area contributed by atoms with E-state index in [2.05, 4.69) is 15.3 Å². The fraction of sp³-hybridized carbons (Fsp3) is 0.278. The number of rotatable bonds is 6. The summed E-state index contributed by atoms with van der Waals surface area (Å²) in [5.41, 5.74) is 2.00. The highest BCUT2D eigenvalue weighted by Crippen LogP contribution is 2.40. The lowest BCUT2D eigenvalue weighted by Gasteiger charge is -2.00. The maximum Gasteiger partial charge on any atom is 0.226 e. The molecule has 2 aromatic heterocycles. The number of carbonyl (C=O) groups excluding carboxylic acids is 1. The molecule has 1 fully saturated rings. The van der Waals surface area contributed by atoms with Crippen molar-refractivity contribution in [1.29, 1.82) is 0 Å². The molecule has 0 aliphatic heterocycles. The Labute approximate surface area is 154 Å². The Morgan fingerprint density at radius 1 is 1.32 bits per heavy atom. The molecule has 3 aromatic rings. The van der Waals surface area contributed by atoms with Crippen molar-refractivity contribution in [1.82, 2.24) is 9.97 Å². The summed E-state index contributed by atoms with van der Waals surface area (Å²) in [5.74, 6) is 1.72. The molecule has 1 aliphatic carbocycles. The topological polar surface area (TPSA) is 68.0 Å². The maximum atomic E-state index is 12.1. The smallest absolute Gasteiger partial charge is 0.226 e. The number of aryl methyl sites for hydroxylation is 1. The Morgan fingerprint density at radius 2 is 2.12 bits per heavy atom. The molecule has 2 heterocycles. The highest BCUT2D eigenvalue weighted by atomic mass is 35.5. The molecule has 128 valence electrons. The molecule has 25 heavy (non-hydrogen) atoms. The van der Waals surface area contributed by atoms with E-state index in [0.717, 1.165) is 11.3 Å². The van der Waals surface area contributed by atoms with Gasteiger partial charge in [-0.3, -0.25) is 4.79 Å². The van der Waals surface area contributed by atoms with Gasteiger partial charge in [0.05, 0.1) is 11.9 Å². The van der Waals surface area contributed by atoms with Crippen LogP contribution in [0.15, 0.2) is 40.3 Å². The number of nitrogens with one attached hydrogen (secondary N) is 1. The summed E-state index contributed by atoms with van der Waals surface area (Å²) < 4.78 is 5.71. The molecule has 1 amide bonds. The number of benzene rings is 1. The number of amides is 1. The highest BCUT2D eigenvalue weighted by Gasteiger charge is 2.26. The number of anilines is 1. The van der Waals surface area contributed by atoms with Crippen LogP contribution in [0.25, 0.3) is 11.3 Å². The largest absolute Gasteiger partial charge is 0.441 e. The van der Waals surface area contributed by atoms with E-state index in [9.17, 15) is 4.79 Å². The SMILES string of the molecule is O=C(CCc1ncc(-c2ccc(Cl)cc2)o1)Nc1nc(C2CC2)cs1. The zero-order chi connectivity index (χ0) is 17.2. The minimum atomic E-state index is -0.0806. The zero-order valence-electron chi connectivity index (χ0n) is 13.4. The van der Waals surface area contributed by atoms with E-state index in [1.807, 2.05) is 17.5 Å². The summed E-state index contributed by atoms with van der Waals surface area (Å²) >= 11 is 7.36. The Balaban J connectivity index is 1.31. The van der Waals surface area contributed by atoms with E-state index in [1.54, 1.807) is 18.3 Å². The van der Waals surface area contributed by atoms with Crippen LogP contribution in [0.5, 0.6) is 0 Å². The number of hydrogen-bond donors (Lipinski definition) is 1. The molecule has 0 atom stereocenters. The summed E-state index contributed by atoms with van der Waals surface area (Å²) in [5, 5.41) is 6.21. The molecule has 1 aromatic carbocycles. The van der Waals surface area contributed by atoms with Crippen LogP contribution in [-0.2, 0) is 11.2 Å². The predicted molar refractivity (Wildman–Crippen MR) is 98.0 cm³/mol. The Kier molecular flexibility index (Phi) is 4.55. The number of carbonyl (C=O) groups is 1. The first kappa shape index (κ1) is 16.3. The monoisotopic (exact) mass is 373 g/mol. The molecular formula is C18H16ClN3O2S.